The van der Waals surface area contributed by atoms with Gasteiger partial charge in [0.1, 0.15) is 5.82 Å². The van der Waals surface area contributed by atoms with Crippen molar-refractivity contribution in [1.29, 1.82) is 0 Å². The molecule has 2 rings (SSSR count). The van der Waals surface area contributed by atoms with Gasteiger partial charge in [0.25, 0.3) is 0 Å². The van der Waals surface area contributed by atoms with Gasteiger partial charge in [0.05, 0.1) is 5.56 Å². The Morgan fingerprint density at radius 3 is 2.86 bits per heavy atom. The van der Waals surface area contributed by atoms with Gasteiger partial charge < -0.3 is 5.11 Å². The number of rotatable bonds is 4. The van der Waals surface area contributed by atoms with Gasteiger partial charge in [-0.15, -0.1) is 0 Å². The van der Waals surface area contributed by atoms with E-state index < -0.39 is 22.9 Å². The number of aromatic amines is 1. The van der Waals surface area contributed by atoms with E-state index in [0.717, 1.165) is 17.8 Å². The summed E-state index contributed by atoms with van der Waals surface area (Å²) < 4.78 is 14.9. The van der Waals surface area contributed by atoms with Gasteiger partial charge >= 0.3 is 17.1 Å². The lowest BCUT2D eigenvalue weighted by Gasteiger charge is -2.07. The molecular formula is C12H10FN3O4S. The van der Waals surface area contributed by atoms with Crippen molar-refractivity contribution in [2.45, 2.75) is 10.9 Å². The number of hydrogen-bond acceptors (Lipinski definition) is 5. The van der Waals surface area contributed by atoms with E-state index in [-0.39, 0.29) is 22.0 Å². The van der Waals surface area contributed by atoms with Gasteiger partial charge in [-0.25, -0.2) is 9.18 Å². The van der Waals surface area contributed by atoms with Crippen molar-refractivity contribution in [2.24, 2.45) is 7.05 Å². The topological polar surface area (TPSA) is 105 Å². The number of halogens is 1. The van der Waals surface area contributed by atoms with Crippen molar-refractivity contribution in [2.75, 3.05) is 0 Å². The molecule has 9 heteroatoms. The number of H-pyrrole nitrogens is 1. The molecule has 0 unspecified atom stereocenters. The van der Waals surface area contributed by atoms with E-state index in [1.165, 1.54) is 23.9 Å². The Morgan fingerprint density at radius 2 is 2.19 bits per heavy atom. The monoisotopic (exact) mass is 311 g/mol. The molecule has 0 fully saturated rings. The van der Waals surface area contributed by atoms with E-state index in [1.54, 1.807) is 0 Å². The predicted molar refractivity (Wildman–Crippen MR) is 73.0 cm³/mol. The molecule has 110 valence electrons. The van der Waals surface area contributed by atoms with Crippen LogP contribution >= 0.6 is 11.8 Å². The minimum Gasteiger partial charge on any atom is -0.478 e. The molecule has 7 nitrogen and oxygen atoms in total. The van der Waals surface area contributed by atoms with Crippen LogP contribution in [-0.4, -0.2) is 25.8 Å². The molecule has 2 N–H and O–H groups in total. The van der Waals surface area contributed by atoms with Crippen LogP contribution in [0.2, 0.25) is 0 Å². The van der Waals surface area contributed by atoms with Crippen LogP contribution in [0.1, 0.15) is 15.9 Å². The smallest absolute Gasteiger partial charge is 0.339 e. The first kappa shape index (κ1) is 15.0. The Kier molecular flexibility index (Phi) is 4.22. The van der Waals surface area contributed by atoms with Crippen LogP contribution in [0, 0.1) is 5.82 Å². The van der Waals surface area contributed by atoms with Crippen LogP contribution in [0.5, 0.6) is 0 Å². The van der Waals surface area contributed by atoms with Gasteiger partial charge in [-0.3, -0.25) is 19.4 Å². The minimum atomic E-state index is -1.16. The fourth-order valence-electron chi connectivity index (χ4n) is 1.55. The van der Waals surface area contributed by atoms with Crippen LogP contribution in [0.3, 0.4) is 0 Å². The molecular weight excluding hydrogens is 301 g/mol. The molecule has 0 saturated carbocycles. The molecule has 1 aromatic heterocycles. The lowest BCUT2D eigenvalue weighted by Crippen LogP contribution is -2.33. The number of carboxylic acid groups (broad SMARTS) is 1. The van der Waals surface area contributed by atoms with Crippen LogP contribution in [0.25, 0.3) is 0 Å². The molecule has 0 amide bonds. The van der Waals surface area contributed by atoms with Crippen molar-refractivity contribution in [1.82, 2.24) is 14.8 Å². The van der Waals surface area contributed by atoms with Crippen LogP contribution in [0.15, 0.2) is 32.9 Å². The zero-order valence-electron chi connectivity index (χ0n) is 10.8. The number of aromatic carboxylic acids is 1. The molecule has 0 radical (unpaired) electrons. The van der Waals surface area contributed by atoms with Crippen molar-refractivity contribution in [3.8, 4) is 0 Å². The van der Waals surface area contributed by atoms with Gasteiger partial charge in [-0.1, -0.05) is 11.8 Å². The molecule has 21 heavy (non-hydrogen) atoms. The zero-order valence-corrected chi connectivity index (χ0v) is 11.6. The average molecular weight is 311 g/mol. The summed E-state index contributed by atoms with van der Waals surface area (Å²) in [6.45, 7) is 0. The number of aromatic nitrogens is 3. The summed E-state index contributed by atoms with van der Waals surface area (Å²) in [6, 6.07) is 3.45. The highest BCUT2D eigenvalue weighted by atomic mass is 32.2. The molecule has 1 aromatic carbocycles. The van der Waals surface area contributed by atoms with E-state index >= 15 is 0 Å². The number of carboxylic acids is 1. The number of thioether (sulfide) groups is 1. The summed E-state index contributed by atoms with van der Waals surface area (Å²) in [7, 11) is 1.49. The molecule has 0 aliphatic rings. The maximum absolute atomic E-state index is 13.6. The van der Waals surface area contributed by atoms with Crippen molar-refractivity contribution < 1.29 is 14.3 Å². The van der Waals surface area contributed by atoms with Gasteiger partial charge in [-0.2, -0.15) is 4.98 Å². The summed E-state index contributed by atoms with van der Waals surface area (Å²) in [5.41, 5.74) is -1.65. The highest BCUT2D eigenvalue weighted by Crippen LogP contribution is 2.21. The first-order valence-corrected chi connectivity index (χ1v) is 6.69. The van der Waals surface area contributed by atoms with E-state index in [4.69, 9.17) is 5.11 Å². The van der Waals surface area contributed by atoms with Crippen molar-refractivity contribution in [3.63, 3.8) is 0 Å². The molecule has 0 aliphatic heterocycles. The number of benzene rings is 1. The Bertz CT molecular complexity index is 815. The summed E-state index contributed by atoms with van der Waals surface area (Å²) in [4.78, 5) is 36.6. The van der Waals surface area contributed by atoms with Crippen LogP contribution < -0.4 is 11.1 Å². The number of hydrogen-bond donors (Lipinski definition) is 2. The van der Waals surface area contributed by atoms with Crippen LogP contribution in [-0.2, 0) is 12.8 Å². The van der Waals surface area contributed by atoms with E-state index in [2.05, 4.69) is 10.1 Å². The fraction of sp³-hybridized carbons (Fsp3) is 0.167. The third kappa shape index (κ3) is 3.37. The van der Waals surface area contributed by atoms with Gasteiger partial charge in [0.15, 0.2) is 5.16 Å². The second-order valence-electron chi connectivity index (χ2n) is 4.10. The number of nitrogens with zero attached hydrogens (tertiary/aromatic N) is 2. The van der Waals surface area contributed by atoms with Gasteiger partial charge in [-0.05, 0) is 23.8 Å². The van der Waals surface area contributed by atoms with Crippen molar-refractivity contribution >= 4 is 17.7 Å². The fourth-order valence-corrected chi connectivity index (χ4v) is 2.44. The maximum Gasteiger partial charge on any atom is 0.339 e. The second-order valence-corrected chi connectivity index (χ2v) is 5.04. The summed E-state index contributed by atoms with van der Waals surface area (Å²) in [6.07, 6.45) is 0. The first-order valence-electron chi connectivity index (χ1n) is 5.70. The average Bonchev–Trinajstić information content (AvgIpc) is 2.42. The third-order valence-electron chi connectivity index (χ3n) is 2.60. The van der Waals surface area contributed by atoms with Crippen molar-refractivity contribution in [3.05, 3.63) is 55.9 Å². The predicted octanol–water partition coefficient (Wildman–Crippen LogP) is 0.598. The quantitative estimate of drug-likeness (QED) is 0.633. The molecule has 0 atom stereocenters. The Balaban J connectivity index is 2.26. The van der Waals surface area contributed by atoms with Gasteiger partial charge in [0.2, 0.25) is 0 Å². The standard InChI is InChI=1S/C12H10FN3O4S/c1-16-12(14-9(17)10(18)15-16)21-5-7-4-6(11(19)20)2-3-8(7)13/h2-4H,5H2,1H3,(H,15,18)(H,19,20). The second kappa shape index (κ2) is 5.92. The Hall–Kier alpha value is -2.42. The number of nitrogens with one attached hydrogen (secondary N) is 1. The lowest BCUT2D eigenvalue weighted by molar-refractivity contribution is 0.0696. The first-order chi connectivity index (χ1) is 9.88. The molecule has 2 aromatic rings. The highest BCUT2D eigenvalue weighted by molar-refractivity contribution is 7.98. The molecule has 1 heterocycles. The van der Waals surface area contributed by atoms with E-state index in [0.29, 0.717) is 0 Å². The Labute approximate surface area is 121 Å². The normalized spacial score (nSPS) is 10.6. The summed E-state index contributed by atoms with van der Waals surface area (Å²) in [5, 5.41) is 11.3. The third-order valence-corrected chi connectivity index (χ3v) is 3.68. The SMILES string of the molecule is Cn1[nH]c(=O)c(=O)nc1SCc1cc(C(=O)O)ccc1F. The molecule has 0 saturated heterocycles. The van der Waals surface area contributed by atoms with E-state index in [9.17, 15) is 18.8 Å². The zero-order chi connectivity index (χ0) is 15.6. The summed E-state index contributed by atoms with van der Waals surface area (Å²) in [5.74, 6) is -1.64. The molecule has 0 aliphatic carbocycles. The lowest BCUT2D eigenvalue weighted by atomic mass is 10.1. The number of aryl methyl sites for hydroxylation is 1. The van der Waals surface area contributed by atoms with Gasteiger partial charge in [0, 0.05) is 12.8 Å². The maximum atomic E-state index is 13.6. The largest absolute Gasteiger partial charge is 0.478 e. The minimum absolute atomic E-state index is 0.0321. The molecule has 0 spiro atoms. The molecule has 0 bridgehead atoms. The van der Waals surface area contributed by atoms with E-state index in [1.807, 2.05) is 0 Å². The summed E-state index contributed by atoms with van der Waals surface area (Å²) >= 11 is 1.01. The van der Waals surface area contributed by atoms with Crippen LogP contribution in [0.4, 0.5) is 4.39 Å². The number of carbonyl (C=O) groups is 1. The highest BCUT2D eigenvalue weighted by Gasteiger charge is 2.11. The Morgan fingerprint density at radius 1 is 1.48 bits per heavy atom.